The lowest BCUT2D eigenvalue weighted by atomic mass is 10.2. The maximum atomic E-state index is 13.8. The van der Waals surface area contributed by atoms with E-state index in [2.05, 4.69) is 15.3 Å². The third kappa shape index (κ3) is 2.12. The topological polar surface area (TPSA) is 37.8 Å². The fraction of sp³-hybridized carbons (Fsp3) is 0.143. The number of nitrogens with one attached hydrogen (secondary N) is 1. The SMILES string of the molecule is CNc1nc(-c2cc(F)ccc2F)nc2sc(C)cc12. The van der Waals surface area contributed by atoms with E-state index in [0.29, 0.717) is 5.82 Å². The summed E-state index contributed by atoms with van der Waals surface area (Å²) in [4.78, 5) is 10.5. The number of hydrogen-bond acceptors (Lipinski definition) is 4. The summed E-state index contributed by atoms with van der Waals surface area (Å²) >= 11 is 1.49. The third-order valence-corrected chi connectivity index (χ3v) is 3.87. The van der Waals surface area contributed by atoms with Crippen LogP contribution in [0.1, 0.15) is 4.88 Å². The van der Waals surface area contributed by atoms with E-state index < -0.39 is 11.6 Å². The minimum atomic E-state index is -0.541. The normalized spacial score (nSPS) is 11.0. The zero-order valence-electron chi connectivity index (χ0n) is 10.9. The first-order valence-corrected chi connectivity index (χ1v) is 6.81. The van der Waals surface area contributed by atoms with Crippen LogP contribution in [0.5, 0.6) is 0 Å². The first-order valence-electron chi connectivity index (χ1n) is 6.00. The third-order valence-electron chi connectivity index (χ3n) is 2.92. The number of anilines is 1. The molecule has 0 aliphatic rings. The molecule has 0 amide bonds. The summed E-state index contributed by atoms with van der Waals surface area (Å²) in [6.45, 7) is 1.97. The number of benzene rings is 1. The standard InChI is InChI=1S/C14H11F2N3S/c1-7-5-10-12(17-2)18-13(19-14(10)20-7)9-6-8(15)3-4-11(9)16/h3-6H,1-2H3,(H,17,18,19). The molecule has 1 aromatic carbocycles. The van der Waals surface area contributed by atoms with Gasteiger partial charge in [0.15, 0.2) is 5.82 Å². The van der Waals surface area contributed by atoms with E-state index >= 15 is 0 Å². The predicted molar refractivity (Wildman–Crippen MR) is 77.1 cm³/mol. The Bertz CT molecular complexity index is 798. The van der Waals surface area contributed by atoms with Crippen LogP contribution in [-0.2, 0) is 0 Å². The number of rotatable bonds is 2. The van der Waals surface area contributed by atoms with Crippen molar-refractivity contribution in [1.82, 2.24) is 9.97 Å². The number of nitrogens with zero attached hydrogens (tertiary/aromatic N) is 2. The van der Waals surface area contributed by atoms with Crippen LogP contribution in [0.15, 0.2) is 24.3 Å². The smallest absolute Gasteiger partial charge is 0.166 e. The van der Waals surface area contributed by atoms with Crippen LogP contribution >= 0.6 is 11.3 Å². The summed E-state index contributed by atoms with van der Waals surface area (Å²) in [6, 6.07) is 5.23. The van der Waals surface area contributed by atoms with Gasteiger partial charge in [-0.25, -0.2) is 18.7 Å². The van der Waals surface area contributed by atoms with E-state index in [9.17, 15) is 8.78 Å². The predicted octanol–water partition coefficient (Wildman–Crippen LogP) is 3.99. The lowest BCUT2D eigenvalue weighted by Gasteiger charge is -2.06. The highest BCUT2D eigenvalue weighted by Crippen LogP contribution is 2.31. The van der Waals surface area contributed by atoms with Gasteiger partial charge in [0, 0.05) is 11.9 Å². The molecule has 0 bridgehead atoms. The molecule has 0 saturated heterocycles. The Hall–Kier alpha value is -2.08. The number of halogens is 2. The second kappa shape index (κ2) is 4.79. The minimum Gasteiger partial charge on any atom is -0.372 e. The highest BCUT2D eigenvalue weighted by molar-refractivity contribution is 7.18. The van der Waals surface area contributed by atoms with Gasteiger partial charge in [0.2, 0.25) is 0 Å². The van der Waals surface area contributed by atoms with E-state index in [-0.39, 0.29) is 11.4 Å². The van der Waals surface area contributed by atoms with Crippen molar-refractivity contribution in [3.63, 3.8) is 0 Å². The molecule has 2 aromatic heterocycles. The van der Waals surface area contributed by atoms with Crippen LogP contribution in [0.2, 0.25) is 0 Å². The average molecular weight is 291 g/mol. The van der Waals surface area contributed by atoms with E-state index in [1.54, 1.807) is 7.05 Å². The molecule has 0 radical (unpaired) electrons. The van der Waals surface area contributed by atoms with Crippen LogP contribution in [0.3, 0.4) is 0 Å². The maximum absolute atomic E-state index is 13.8. The summed E-state index contributed by atoms with van der Waals surface area (Å²) in [7, 11) is 1.74. The van der Waals surface area contributed by atoms with E-state index in [4.69, 9.17) is 0 Å². The second-order valence-electron chi connectivity index (χ2n) is 4.35. The second-order valence-corrected chi connectivity index (χ2v) is 5.58. The molecule has 20 heavy (non-hydrogen) atoms. The van der Waals surface area contributed by atoms with Gasteiger partial charge in [-0.2, -0.15) is 0 Å². The van der Waals surface area contributed by atoms with Crippen molar-refractivity contribution < 1.29 is 8.78 Å². The monoisotopic (exact) mass is 291 g/mol. The lowest BCUT2D eigenvalue weighted by Crippen LogP contribution is -1.98. The molecule has 102 valence electrons. The van der Waals surface area contributed by atoms with Gasteiger partial charge in [-0.15, -0.1) is 11.3 Å². The van der Waals surface area contributed by atoms with E-state index in [0.717, 1.165) is 33.3 Å². The number of hydrogen-bond donors (Lipinski definition) is 1. The number of thiophene rings is 1. The fourth-order valence-corrected chi connectivity index (χ4v) is 2.90. The first-order chi connectivity index (χ1) is 9.58. The molecule has 0 unspecified atom stereocenters. The highest BCUT2D eigenvalue weighted by Gasteiger charge is 2.14. The summed E-state index contributed by atoms with van der Waals surface area (Å²) in [5.74, 6) is -0.266. The lowest BCUT2D eigenvalue weighted by molar-refractivity contribution is 0.602. The van der Waals surface area contributed by atoms with Gasteiger partial charge in [-0.05, 0) is 31.2 Å². The summed E-state index contributed by atoms with van der Waals surface area (Å²) in [5.41, 5.74) is 0.0643. The van der Waals surface area contributed by atoms with Crippen molar-refractivity contribution in [3.05, 3.63) is 40.8 Å². The number of fused-ring (bicyclic) bond motifs is 1. The summed E-state index contributed by atoms with van der Waals surface area (Å²) in [6.07, 6.45) is 0. The fourth-order valence-electron chi connectivity index (χ4n) is 2.02. The maximum Gasteiger partial charge on any atom is 0.166 e. The van der Waals surface area contributed by atoms with Gasteiger partial charge in [-0.1, -0.05) is 0 Å². The van der Waals surface area contributed by atoms with Crippen molar-refractivity contribution in [2.45, 2.75) is 6.92 Å². The molecule has 0 fully saturated rings. The number of aryl methyl sites for hydroxylation is 1. The minimum absolute atomic E-state index is 0.0643. The Labute approximate surface area is 118 Å². The Balaban J connectivity index is 2.28. The molecule has 1 N–H and O–H groups in total. The largest absolute Gasteiger partial charge is 0.372 e. The molecule has 0 spiro atoms. The number of aromatic nitrogens is 2. The summed E-state index contributed by atoms with van der Waals surface area (Å²) in [5, 5.41) is 3.85. The van der Waals surface area contributed by atoms with Crippen molar-refractivity contribution in [2.75, 3.05) is 12.4 Å². The molecule has 0 aliphatic heterocycles. The van der Waals surface area contributed by atoms with E-state index in [1.165, 1.54) is 11.3 Å². The Morgan fingerprint density at radius 2 is 1.95 bits per heavy atom. The van der Waals surface area contributed by atoms with Crippen LogP contribution in [0.4, 0.5) is 14.6 Å². The van der Waals surface area contributed by atoms with Crippen LogP contribution < -0.4 is 5.32 Å². The highest BCUT2D eigenvalue weighted by atomic mass is 32.1. The zero-order chi connectivity index (χ0) is 14.3. The van der Waals surface area contributed by atoms with Gasteiger partial charge >= 0.3 is 0 Å². The molecular formula is C14H11F2N3S. The van der Waals surface area contributed by atoms with Gasteiger partial charge < -0.3 is 5.32 Å². The van der Waals surface area contributed by atoms with Gasteiger partial charge in [0.1, 0.15) is 22.3 Å². The van der Waals surface area contributed by atoms with E-state index in [1.807, 2.05) is 13.0 Å². The summed E-state index contributed by atoms with van der Waals surface area (Å²) < 4.78 is 27.1. The Morgan fingerprint density at radius 1 is 1.15 bits per heavy atom. The molecule has 3 rings (SSSR count). The Morgan fingerprint density at radius 3 is 2.70 bits per heavy atom. The van der Waals surface area contributed by atoms with Crippen LogP contribution in [0.25, 0.3) is 21.6 Å². The quantitative estimate of drug-likeness (QED) is 0.776. The van der Waals surface area contributed by atoms with Crippen molar-refractivity contribution in [2.24, 2.45) is 0 Å². The first kappa shape index (κ1) is 12.9. The van der Waals surface area contributed by atoms with Crippen LogP contribution in [-0.4, -0.2) is 17.0 Å². The Kier molecular flexibility index (Phi) is 3.10. The van der Waals surface area contributed by atoms with Crippen LogP contribution in [0, 0.1) is 18.6 Å². The van der Waals surface area contributed by atoms with Crippen molar-refractivity contribution in [1.29, 1.82) is 0 Å². The molecule has 2 heterocycles. The molecule has 3 nitrogen and oxygen atoms in total. The molecular weight excluding hydrogens is 280 g/mol. The molecule has 0 saturated carbocycles. The zero-order valence-corrected chi connectivity index (χ0v) is 11.7. The average Bonchev–Trinajstić information content (AvgIpc) is 2.80. The molecule has 0 atom stereocenters. The van der Waals surface area contributed by atoms with Gasteiger partial charge in [0.25, 0.3) is 0 Å². The van der Waals surface area contributed by atoms with Crippen molar-refractivity contribution >= 4 is 27.4 Å². The molecule has 3 aromatic rings. The molecule has 6 heteroatoms. The van der Waals surface area contributed by atoms with Gasteiger partial charge in [0.05, 0.1) is 10.9 Å². The molecule has 0 aliphatic carbocycles. The van der Waals surface area contributed by atoms with Gasteiger partial charge in [-0.3, -0.25) is 0 Å². The van der Waals surface area contributed by atoms with Crippen molar-refractivity contribution in [3.8, 4) is 11.4 Å².